The van der Waals surface area contributed by atoms with Crippen LogP contribution in [0.3, 0.4) is 0 Å². The first-order chi connectivity index (χ1) is 9.76. The van der Waals surface area contributed by atoms with Gasteiger partial charge in [-0.25, -0.2) is 4.98 Å². The maximum Gasteiger partial charge on any atom is 0.209 e. The molecule has 0 bridgehead atoms. The van der Waals surface area contributed by atoms with E-state index in [1.165, 1.54) is 6.42 Å². The summed E-state index contributed by atoms with van der Waals surface area (Å²) in [7, 11) is 0. The van der Waals surface area contributed by atoms with Gasteiger partial charge in [-0.1, -0.05) is 30.3 Å². The number of nitrogens with two attached hydrogens (primary N) is 1. The van der Waals surface area contributed by atoms with Gasteiger partial charge in [0.25, 0.3) is 0 Å². The third-order valence-corrected chi connectivity index (χ3v) is 4.07. The number of aromatic nitrogens is 1. The summed E-state index contributed by atoms with van der Waals surface area (Å²) in [5, 5.41) is 0. The molecule has 1 aromatic carbocycles. The third-order valence-electron chi connectivity index (χ3n) is 4.07. The minimum atomic E-state index is 0.552. The molecule has 1 fully saturated rings. The van der Waals surface area contributed by atoms with Gasteiger partial charge in [-0.05, 0) is 25.8 Å². The second-order valence-electron chi connectivity index (χ2n) is 5.60. The smallest absolute Gasteiger partial charge is 0.209 e. The van der Waals surface area contributed by atoms with Crippen LogP contribution in [0, 0.1) is 5.92 Å². The third kappa shape index (κ3) is 2.76. The predicted molar refractivity (Wildman–Crippen MR) is 79.0 cm³/mol. The first kappa shape index (κ1) is 13.3. The minimum Gasteiger partial charge on any atom is -0.439 e. The van der Waals surface area contributed by atoms with E-state index in [1.54, 1.807) is 0 Å². The number of hydrogen-bond donors (Lipinski definition) is 1. The van der Waals surface area contributed by atoms with Crippen molar-refractivity contribution in [2.45, 2.75) is 25.9 Å². The fraction of sp³-hybridized carbons (Fsp3) is 0.438. The molecule has 2 heterocycles. The van der Waals surface area contributed by atoms with Gasteiger partial charge in [0.05, 0.1) is 12.7 Å². The Bertz CT molecular complexity index is 552. The zero-order valence-corrected chi connectivity index (χ0v) is 11.8. The van der Waals surface area contributed by atoms with Gasteiger partial charge in [0.15, 0.2) is 5.76 Å². The highest BCUT2D eigenvalue weighted by atomic mass is 16.4. The molecule has 0 amide bonds. The van der Waals surface area contributed by atoms with E-state index in [4.69, 9.17) is 10.2 Å². The van der Waals surface area contributed by atoms with Crippen LogP contribution in [-0.2, 0) is 6.54 Å². The summed E-state index contributed by atoms with van der Waals surface area (Å²) >= 11 is 0. The molecule has 2 atom stereocenters. The second kappa shape index (κ2) is 5.77. The van der Waals surface area contributed by atoms with Crippen LogP contribution in [0.15, 0.2) is 40.9 Å². The van der Waals surface area contributed by atoms with Gasteiger partial charge in [0.1, 0.15) is 0 Å². The monoisotopic (exact) mass is 271 g/mol. The van der Waals surface area contributed by atoms with Crippen LogP contribution in [-0.4, -0.2) is 29.0 Å². The van der Waals surface area contributed by atoms with Crippen LogP contribution in [0.4, 0.5) is 0 Å². The highest BCUT2D eigenvalue weighted by Crippen LogP contribution is 2.25. The highest BCUT2D eigenvalue weighted by molar-refractivity contribution is 5.55. The topological polar surface area (TPSA) is 55.3 Å². The second-order valence-corrected chi connectivity index (χ2v) is 5.60. The molecule has 0 aliphatic carbocycles. The average Bonchev–Trinajstić information content (AvgIpc) is 3.08. The molecular weight excluding hydrogens is 250 g/mol. The minimum absolute atomic E-state index is 0.552. The van der Waals surface area contributed by atoms with E-state index in [0.717, 1.165) is 36.8 Å². The first-order valence-electron chi connectivity index (χ1n) is 7.20. The predicted octanol–water partition coefficient (Wildman–Crippen LogP) is 2.51. The Morgan fingerprint density at radius 1 is 1.35 bits per heavy atom. The van der Waals surface area contributed by atoms with Crippen molar-refractivity contribution in [1.29, 1.82) is 0 Å². The zero-order chi connectivity index (χ0) is 13.9. The van der Waals surface area contributed by atoms with Crippen molar-refractivity contribution in [1.82, 2.24) is 9.88 Å². The van der Waals surface area contributed by atoms with Gasteiger partial charge in [-0.15, -0.1) is 0 Å². The van der Waals surface area contributed by atoms with Crippen LogP contribution in [0.1, 0.15) is 19.2 Å². The molecule has 2 N–H and O–H groups in total. The van der Waals surface area contributed by atoms with Crippen LogP contribution in [0.25, 0.3) is 11.3 Å². The number of rotatable bonds is 4. The number of likely N-dealkylation sites (tertiary alicyclic amines) is 1. The van der Waals surface area contributed by atoms with Crippen molar-refractivity contribution in [2.75, 3.05) is 13.1 Å². The van der Waals surface area contributed by atoms with Crippen molar-refractivity contribution in [3.05, 3.63) is 42.4 Å². The van der Waals surface area contributed by atoms with E-state index in [0.29, 0.717) is 12.0 Å². The summed E-state index contributed by atoms with van der Waals surface area (Å²) in [6, 6.07) is 10.6. The molecule has 4 heteroatoms. The lowest BCUT2D eigenvalue weighted by Crippen LogP contribution is -2.27. The lowest BCUT2D eigenvalue weighted by atomic mass is 10.1. The molecule has 3 rings (SSSR count). The first-order valence-corrected chi connectivity index (χ1v) is 7.20. The van der Waals surface area contributed by atoms with Gasteiger partial charge in [-0.3, -0.25) is 4.90 Å². The molecule has 0 saturated carbocycles. The molecule has 1 aliphatic heterocycles. The molecule has 20 heavy (non-hydrogen) atoms. The van der Waals surface area contributed by atoms with E-state index in [2.05, 4.69) is 16.8 Å². The molecule has 1 saturated heterocycles. The lowest BCUT2D eigenvalue weighted by Gasteiger charge is -2.18. The Labute approximate surface area is 119 Å². The molecule has 2 aromatic rings. The summed E-state index contributed by atoms with van der Waals surface area (Å²) in [4.78, 5) is 6.80. The molecule has 1 aliphatic rings. The number of benzene rings is 1. The van der Waals surface area contributed by atoms with Crippen LogP contribution in [0.2, 0.25) is 0 Å². The lowest BCUT2D eigenvalue weighted by molar-refractivity contribution is 0.231. The van der Waals surface area contributed by atoms with Crippen molar-refractivity contribution in [3.63, 3.8) is 0 Å². The Morgan fingerprint density at radius 2 is 2.15 bits per heavy atom. The quantitative estimate of drug-likeness (QED) is 0.928. The molecule has 1 aromatic heterocycles. The van der Waals surface area contributed by atoms with Gasteiger partial charge in [0, 0.05) is 18.2 Å². The number of hydrogen-bond acceptors (Lipinski definition) is 4. The maximum atomic E-state index is 5.86. The van der Waals surface area contributed by atoms with E-state index in [-0.39, 0.29) is 0 Å². The Balaban J connectivity index is 1.69. The van der Waals surface area contributed by atoms with Crippen LogP contribution < -0.4 is 5.73 Å². The SMILES string of the molecule is CC1CC(CN)CN1Cc1ncc(-c2ccccc2)o1. The van der Waals surface area contributed by atoms with Crippen molar-refractivity contribution >= 4 is 0 Å². The van der Waals surface area contributed by atoms with Crippen molar-refractivity contribution in [3.8, 4) is 11.3 Å². The normalized spacial score (nSPS) is 23.3. The average molecular weight is 271 g/mol. The molecule has 2 unspecified atom stereocenters. The van der Waals surface area contributed by atoms with Gasteiger partial charge >= 0.3 is 0 Å². The molecule has 0 radical (unpaired) electrons. The Morgan fingerprint density at radius 3 is 2.85 bits per heavy atom. The molecule has 0 spiro atoms. The van der Waals surface area contributed by atoms with Crippen molar-refractivity contribution < 1.29 is 4.42 Å². The molecule has 4 nitrogen and oxygen atoms in total. The molecule has 106 valence electrons. The van der Waals surface area contributed by atoms with E-state index in [9.17, 15) is 0 Å². The number of nitrogens with zero attached hydrogens (tertiary/aromatic N) is 2. The fourth-order valence-electron chi connectivity index (χ4n) is 2.90. The van der Waals surface area contributed by atoms with E-state index < -0.39 is 0 Å². The van der Waals surface area contributed by atoms with Crippen LogP contribution in [0.5, 0.6) is 0 Å². The fourth-order valence-corrected chi connectivity index (χ4v) is 2.90. The Hall–Kier alpha value is -1.65. The van der Waals surface area contributed by atoms with Gasteiger partial charge in [-0.2, -0.15) is 0 Å². The molecular formula is C16H21N3O. The summed E-state index contributed by atoms with van der Waals surface area (Å²) in [6.45, 7) is 4.82. The zero-order valence-electron chi connectivity index (χ0n) is 11.8. The standard InChI is InChI=1S/C16H21N3O/c1-12-7-13(8-17)10-19(12)11-16-18-9-15(20-16)14-5-3-2-4-6-14/h2-6,9,12-13H,7-8,10-11,17H2,1H3. The van der Waals surface area contributed by atoms with Crippen molar-refractivity contribution in [2.24, 2.45) is 11.7 Å². The summed E-state index contributed by atoms with van der Waals surface area (Å²) in [5.74, 6) is 2.23. The van der Waals surface area contributed by atoms with Crippen LogP contribution >= 0.6 is 0 Å². The largest absolute Gasteiger partial charge is 0.439 e. The van der Waals surface area contributed by atoms with Gasteiger partial charge in [0.2, 0.25) is 5.89 Å². The van der Waals surface area contributed by atoms with E-state index in [1.807, 2.05) is 36.5 Å². The summed E-state index contributed by atoms with van der Waals surface area (Å²) in [6.07, 6.45) is 2.98. The maximum absolute atomic E-state index is 5.86. The van der Waals surface area contributed by atoms with E-state index >= 15 is 0 Å². The summed E-state index contributed by atoms with van der Waals surface area (Å²) in [5.41, 5.74) is 6.84. The Kier molecular flexibility index (Phi) is 3.85. The highest BCUT2D eigenvalue weighted by Gasteiger charge is 2.28. The summed E-state index contributed by atoms with van der Waals surface area (Å²) < 4.78 is 5.86. The van der Waals surface area contributed by atoms with Gasteiger partial charge < -0.3 is 10.2 Å². The number of oxazole rings is 1.